The largest absolute Gasteiger partial charge is 0.331 e. The van der Waals surface area contributed by atoms with Gasteiger partial charge < -0.3 is 4.90 Å². The van der Waals surface area contributed by atoms with Crippen LogP contribution in [0.15, 0.2) is 42.7 Å². The van der Waals surface area contributed by atoms with Crippen LogP contribution >= 0.6 is 0 Å². The highest BCUT2D eigenvalue weighted by atomic mass is 16.2. The monoisotopic (exact) mass is 348 g/mol. The fourth-order valence-electron chi connectivity index (χ4n) is 3.24. The quantitative estimate of drug-likeness (QED) is 0.697. The van der Waals surface area contributed by atoms with Crippen molar-refractivity contribution in [1.29, 1.82) is 0 Å². The van der Waals surface area contributed by atoms with Crippen molar-refractivity contribution in [3.63, 3.8) is 0 Å². The van der Waals surface area contributed by atoms with E-state index in [4.69, 9.17) is 0 Å². The van der Waals surface area contributed by atoms with E-state index in [1.54, 1.807) is 12.4 Å². The van der Waals surface area contributed by atoms with Gasteiger partial charge in [0.15, 0.2) is 5.65 Å². The maximum Gasteiger partial charge on any atom is 0.255 e. The van der Waals surface area contributed by atoms with Crippen molar-refractivity contribution in [3.05, 3.63) is 59.4 Å². The number of nitrogens with zero attached hydrogens (tertiary/aromatic N) is 4. The van der Waals surface area contributed by atoms with Gasteiger partial charge in [-0.15, -0.1) is 0 Å². The summed E-state index contributed by atoms with van der Waals surface area (Å²) >= 11 is 0. The Bertz CT molecular complexity index is 938. The summed E-state index contributed by atoms with van der Waals surface area (Å²) in [5.41, 5.74) is 3.86. The SMILES string of the molecule is Cc1ccc(CN(C(=O)c2cnc3c(cnn3C(C)C)c2)C2CC2)cc1. The summed E-state index contributed by atoms with van der Waals surface area (Å²) in [6.45, 7) is 6.87. The molecule has 1 saturated carbocycles. The molecule has 0 aliphatic heterocycles. The van der Waals surface area contributed by atoms with Crippen molar-refractivity contribution in [2.75, 3.05) is 0 Å². The van der Waals surface area contributed by atoms with Gasteiger partial charge in [0.2, 0.25) is 0 Å². The van der Waals surface area contributed by atoms with Crippen LogP contribution in [0.3, 0.4) is 0 Å². The second-order valence-corrected chi connectivity index (χ2v) is 7.47. The predicted molar refractivity (Wildman–Crippen MR) is 102 cm³/mol. The molecule has 5 nitrogen and oxygen atoms in total. The van der Waals surface area contributed by atoms with Crippen LogP contribution in [0.5, 0.6) is 0 Å². The number of rotatable bonds is 5. The predicted octanol–water partition coefficient (Wildman–Crippen LogP) is 4.13. The molecule has 1 amide bonds. The van der Waals surface area contributed by atoms with Gasteiger partial charge in [0.25, 0.3) is 5.91 Å². The summed E-state index contributed by atoms with van der Waals surface area (Å²) in [5.74, 6) is 0.0553. The zero-order valence-corrected chi connectivity index (χ0v) is 15.5. The lowest BCUT2D eigenvalue weighted by atomic mass is 10.1. The third kappa shape index (κ3) is 3.21. The first-order chi connectivity index (χ1) is 12.5. The van der Waals surface area contributed by atoms with Crippen molar-refractivity contribution in [2.45, 2.75) is 52.2 Å². The second-order valence-electron chi connectivity index (χ2n) is 7.47. The zero-order valence-electron chi connectivity index (χ0n) is 15.5. The fraction of sp³-hybridized carbons (Fsp3) is 0.381. The van der Waals surface area contributed by atoms with Gasteiger partial charge in [-0.25, -0.2) is 9.67 Å². The third-order valence-corrected chi connectivity index (χ3v) is 4.89. The molecule has 4 rings (SSSR count). The van der Waals surface area contributed by atoms with E-state index in [0.29, 0.717) is 18.2 Å². The van der Waals surface area contributed by atoms with E-state index in [1.807, 2.05) is 15.6 Å². The van der Waals surface area contributed by atoms with Crippen molar-refractivity contribution < 1.29 is 4.79 Å². The first-order valence-electron chi connectivity index (χ1n) is 9.22. The molecule has 134 valence electrons. The minimum Gasteiger partial charge on any atom is -0.331 e. The Hall–Kier alpha value is -2.69. The second kappa shape index (κ2) is 6.56. The topological polar surface area (TPSA) is 51.0 Å². The van der Waals surface area contributed by atoms with Gasteiger partial charge in [0, 0.05) is 30.2 Å². The van der Waals surface area contributed by atoms with Crippen LogP contribution in [0.2, 0.25) is 0 Å². The molecule has 2 aromatic heterocycles. The molecule has 2 heterocycles. The van der Waals surface area contributed by atoms with Gasteiger partial charge in [-0.05, 0) is 45.2 Å². The Morgan fingerprint density at radius 1 is 1.23 bits per heavy atom. The van der Waals surface area contributed by atoms with Crippen molar-refractivity contribution >= 4 is 16.9 Å². The molecule has 0 spiro atoms. The van der Waals surface area contributed by atoms with Gasteiger partial charge in [-0.1, -0.05) is 29.8 Å². The third-order valence-electron chi connectivity index (χ3n) is 4.89. The van der Waals surface area contributed by atoms with E-state index in [-0.39, 0.29) is 11.9 Å². The Kier molecular flexibility index (Phi) is 4.23. The van der Waals surface area contributed by atoms with Crippen LogP contribution < -0.4 is 0 Å². The van der Waals surface area contributed by atoms with Gasteiger partial charge in [-0.3, -0.25) is 4.79 Å². The number of aryl methyl sites for hydroxylation is 1. The van der Waals surface area contributed by atoms with Crippen molar-refractivity contribution in [1.82, 2.24) is 19.7 Å². The van der Waals surface area contributed by atoms with Crippen LogP contribution in [0.25, 0.3) is 11.0 Å². The molecule has 1 aliphatic carbocycles. The molecule has 0 bridgehead atoms. The fourth-order valence-corrected chi connectivity index (χ4v) is 3.24. The molecule has 0 unspecified atom stereocenters. The zero-order chi connectivity index (χ0) is 18.3. The Morgan fingerprint density at radius 2 is 1.96 bits per heavy atom. The average molecular weight is 348 g/mol. The molecular formula is C21H24N4O. The summed E-state index contributed by atoms with van der Waals surface area (Å²) in [7, 11) is 0. The summed E-state index contributed by atoms with van der Waals surface area (Å²) in [6.07, 6.45) is 5.65. The minimum absolute atomic E-state index is 0.0553. The molecular weight excluding hydrogens is 324 g/mol. The Labute approximate surface area is 153 Å². The number of benzene rings is 1. The molecule has 0 saturated heterocycles. The molecule has 1 aliphatic rings. The number of hydrogen-bond donors (Lipinski definition) is 0. The number of carbonyl (C=O) groups is 1. The van der Waals surface area contributed by atoms with Crippen molar-refractivity contribution in [3.8, 4) is 0 Å². The summed E-state index contributed by atoms with van der Waals surface area (Å²) in [5, 5.41) is 5.31. The molecule has 5 heteroatoms. The maximum absolute atomic E-state index is 13.1. The number of aromatic nitrogens is 3. The lowest BCUT2D eigenvalue weighted by molar-refractivity contribution is 0.0729. The molecule has 0 N–H and O–H groups in total. The van der Waals surface area contributed by atoms with Gasteiger partial charge in [0.05, 0.1) is 11.8 Å². The highest BCUT2D eigenvalue weighted by molar-refractivity contribution is 5.97. The van der Waals surface area contributed by atoms with E-state index >= 15 is 0 Å². The van der Waals surface area contributed by atoms with E-state index in [2.05, 4.69) is 55.1 Å². The smallest absolute Gasteiger partial charge is 0.255 e. The van der Waals surface area contributed by atoms with Gasteiger partial charge >= 0.3 is 0 Å². The lowest BCUT2D eigenvalue weighted by Gasteiger charge is -2.22. The Balaban J connectivity index is 1.61. The van der Waals surface area contributed by atoms with Crippen LogP contribution in [-0.2, 0) is 6.54 Å². The van der Waals surface area contributed by atoms with Crippen molar-refractivity contribution in [2.24, 2.45) is 0 Å². The van der Waals surface area contributed by atoms with E-state index in [9.17, 15) is 4.79 Å². The molecule has 1 aromatic carbocycles. The highest BCUT2D eigenvalue weighted by Gasteiger charge is 2.33. The molecule has 0 radical (unpaired) electrons. The van der Waals surface area contributed by atoms with Crippen LogP contribution in [0.4, 0.5) is 0 Å². The van der Waals surface area contributed by atoms with Gasteiger partial charge in [-0.2, -0.15) is 5.10 Å². The number of carbonyl (C=O) groups excluding carboxylic acids is 1. The van der Waals surface area contributed by atoms with Crippen LogP contribution in [-0.4, -0.2) is 31.6 Å². The number of hydrogen-bond acceptors (Lipinski definition) is 3. The number of fused-ring (bicyclic) bond motifs is 1. The van der Waals surface area contributed by atoms with Gasteiger partial charge in [0.1, 0.15) is 0 Å². The Morgan fingerprint density at radius 3 is 2.62 bits per heavy atom. The van der Waals surface area contributed by atoms with Crippen LogP contribution in [0, 0.1) is 6.92 Å². The highest BCUT2D eigenvalue weighted by Crippen LogP contribution is 2.30. The van der Waals surface area contributed by atoms with E-state index < -0.39 is 0 Å². The molecule has 3 aromatic rings. The molecule has 1 fully saturated rings. The molecule has 26 heavy (non-hydrogen) atoms. The summed E-state index contributed by atoms with van der Waals surface area (Å²) < 4.78 is 1.88. The standard InChI is InChI=1S/C21H24N4O/c1-14(2)25-20-17(12-23-25)10-18(11-22-20)21(26)24(19-8-9-19)13-16-6-4-15(3)5-7-16/h4-7,10-12,14,19H,8-9,13H2,1-3H3. The number of pyridine rings is 1. The normalized spacial score (nSPS) is 14.2. The lowest BCUT2D eigenvalue weighted by Crippen LogP contribution is -2.32. The van der Waals surface area contributed by atoms with Crippen LogP contribution in [0.1, 0.15) is 54.2 Å². The van der Waals surface area contributed by atoms with E-state index in [0.717, 1.165) is 29.4 Å². The maximum atomic E-state index is 13.1. The number of amides is 1. The van der Waals surface area contributed by atoms with E-state index in [1.165, 1.54) is 5.56 Å². The average Bonchev–Trinajstić information content (AvgIpc) is 3.38. The molecule has 0 atom stereocenters. The summed E-state index contributed by atoms with van der Waals surface area (Å²) in [4.78, 5) is 19.6. The first kappa shape index (κ1) is 16.8. The summed E-state index contributed by atoms with van der Waals surface area (Å²) in [6, 6.07) is 10.9. The minimum atomic E-state index is 0.0553. The first-order valence-corrected chi connectivity index (χ1v) is 9.22.